The predicted molar refractivity (Wildman–Crippen MR) is 142 cm³/mol. The normalized spacial score (nSPS) is 14.0. The first-order chi connectivity index (χ1) is 17.4. The van der Waals surface area contributed by atoms with E-state index in [9.17, 15) is 9.90 Å². The zero-order valence-corrected chi connectivity index (χ0v) is 21.0. The van der Waals surface area contributed by atoms with Gasteiger partial charge in [0.1, 0.15) is 17.2 Å². The number of carbonyl (C=O) groups excluding carboxylic acids is 1. The number of ether oxygens (including phenoxy) is 2. The van der Waals surface area contributed by atoms with Gasteiger partial charge in [-0.2, -0.15) is 0 Å². The van der Waals surface area contributed by atoms with Gasteiger partial charge in [0.15, 0.2) is 5.76 Å². The van der Waals surface area contributed by atoms with Crippen molar-refractivity contribution in [3.8, 4) is 17.2 Å². The Bertz CT molecular complexity index is 1480. The maximum absolute atomic E-state index is 13.5. The van der Waals surface area contributed by atoms with E-state index < -0.39 is 0 Å². The second-order valence-electron chi connectivity index (χ2n) is 9.25. The molecule has 5 rings (SSSR count). The fourth-order valence-corrected chi connectivity index (χ4v) is 4.90. The minimum atomic E-state index is -0.172. The predicted octanol–water partition coefficient (Wildman–Crippen LogP) is 5.93. The van der Waals surface area contributed by atoms with Crippen molar-refractivity contribution in [2.45, 2.75) is 33.5 Å². The van der Waals surface area contributed by atoms with Crippen LogP contribution >= 0.6 is 0 Å². The number of hydrogen-bond acceptors (Lipinski definition) is 5. The van der Waals surface area contributed by atoms with E-state index in [1.807, 2.05) is 56.6 Å². The number of carbonyl (C=O) groups is 1. The summed E-state index contributed by atoms with van der Waals surface area (Å²) in [6, 6.07) is 17.7. The third kappa shape index (κ3) is 4.25. The summed E-state index contributed by atoms with van der Waals surface area (Å²) in [7, 11) is 3.63. The molecule has 1 aliphatic heterocycles. The van der Waals surface area contributed by atoms with Gasteiger partial charge < -0.3 is 19.1 Å². The van der Waals surface area contributed by atoms with E-state index in [1.165, 1.54) is 5.56 Å². The Hall–Kier alpha value is -4.03. The Morgan fingerprint density at radius 1 is 1.11 bits per heavy atom. The number of phenolic OH excluding ortho intramolecular Hbond substituents is 1. The molecule has 3 aromatic carbocycles. The Kier molecular flexibility index (Phi) is 6.29. The van der Waals surface area contributed by atoms with Gasteiger partial charge in [0.25, 0.3) is 0 Å². The summed E-state index contributed by atoms with van der Waals surface area (Å²) in [5, 5.41) is 11.8. The zero-order chi connectivity index (χ0) is 25.4. The molecule has 0 saturated carbocycles. The fourth-order valence-electron chi connectivity index (χ4n) is 4.90. The quantitative estimate of drug-likeness (QED) is 0.331. The van der Waals surface area contributed by atoms with Crippen molar-refractivity contribution in [3.05, 3.63) is 94.4 Å². The van der Waals surface area contributed by atoms with Crippen LogP contribution in [-0.4, -0.2) is 34.5 Å². The summed E-state index contributed by atoms with van der Waals surface area (Å²) in [6.07, 6.45) is 3.82. The van der Waals surface area contributed by atoms with Crippen molar-refractivity contribution in [1.82, 2.24) is 9.47 Å². The Labute approximate surface area is 211 Å². The molecule has 0 aliphatic carbocycles. The first-order valence-electron chi connectivity index (χ1n) is 12.1. The monoisotopic (exact) mass is 482 g/mol. The Balaban J connectivity index is 1.51. The topological polar surface area (TPSA) is 63.9 Å². The number of methoxy groups -OCH3 is 1. The van der Waals surface area contributed by atoms with Crippen LogP contribution in [-0.2, 0) is 19.6 Å². The van der Waals surface area contributed by atoms with Crippen LogP contribution in [0.25, 0.3) is 17.0 Å². The number of rotatable bonds is 7. The van der Waals surface area contributed by atoms with Gasteiger partial charge in [-0.1, -0.05) is 30.3 Å². The molecule has 1 N–H and O–H groups in total. The largest absolute Gasteiger partial charge is 0.507 e. The molecule has 0 fully saturated rings. The summed E-state index contributed by atoms with van der Waals surface area (Å²) in [4.78, 5) is 15.6. The minimum Gasteiger partial charge on any atom is -0.507 e. The molecule has 1 aliphatic rings. The molecule has 1 aromatic heterocycles. The summed E-state index contributed by atoms with van der Waals surface area (Å²) in [6.45, 7) is 5.85. The van der Waals surface area contributed by atoms with Crippen LogP contribution in [0.4, 0.5) is 0 Å². The Morgan fingerprint density at radius 2 is 1.89 bits per heavy atom. The molecule has 2 heterocycles. The van der Waals surface area contributed by atoms with Gasteiger partial charge in [0.2, 0.25) is 5.78 Å². The number of ketones is 1. The van der Waals surface area contributed by atoms with Gasteiger partial charge in [-0.15, -0.1) is 0 Å². The van der Waals surface area contributed by atoms with Crippen LogP contribution in [0.3, 0.4) is 0 Å². The van der Waals surface area contributed by atoms with Gasteiger partial charge in [0.05, 0.1) is 18.2 Å². The number of aromatic hydroxyl groups is 1. The molecule has 0 spiro atoms. The maximum atomic E-state index is 13.5. The van der Waals surface area contributed by atoms with E-state index in [4.69, 9.17) is 9.47 Å². The van der Waals surface area contributed by atoms with E-state index in [2.05, 4.69) is 28.5 Å². The summed E-state index contributed by atoms with van der Waals surface area (Å²) < 4.78 is 13.8. The third-order valence-corrected chi connectivity index (χ3v) is 6.69. The van der Waals surface area contributed by atoms with E-state index in [0.717, 1.165) is 28.8 Å². The Morgan fingerprint density at radius 3 is 2.61 bits per heavy atom. The molecule has 6 heteroatoms. The second-order valence-corrected chi connectivity index (χ2v) is 9.25. The number of phenols is 1. The SMILES string of the molecule is CCn1cc(/C=C2\Oc3c(CN(C)Cc4ccccc4)c(O)cc(C)c3C2=O)c2cc(OC)ccc21. The molecule has 4 aromatic rings. The molecule has 0 bridgehead atoms. The van der Waals surface area contributed by atoms with Gasteiger partial charge in [-0.25, -0.2) is 0 Å². The van der Waals surface area contributed by atoms with E-state index in [0.29, 0.717) is 35.5 Å². The molecule has 0 atom stereocenters. The number of nitrogens with zero attached hydrogens (tertiary/aromatic N) is 2. The molecule has 0 radical (unpaired) electrons. The van der Waals surface area contributed by atoms with Crippen molar-refractivity contribution >= 4 is 22.8 Å². The molecule has 36 heavy (non-hydrogen) atoms. The van der Waals surface area contributed by atoms with Gasteiger partial charge in [-0.3, -0.25) is 9.69 Å². The minimum absolute atomic E-state index is 0.132. The number of hydrogen-bond donors (Lipinski definition) is 1. The zero-order valence-electron chi connectivity index (χ0n) is 21.0. The summed E-state index contributed by atoms with van der Waals surface area (Å²) in [5.41, 5.74) is 4.94. The molecule has 6 nitrogen and oxygen atoms in total. The number of fused-ring (bicyclic) bond motifs is 2. The number of aromatic nitrogens is 1. The third-order valence-electron chi connectivity index (χ3n) is 6.69. The first kappa shape index (κ1) is 23.7. The summed E-state index contributed by atoms with van der Waals surface area (Å²) >= 11 is 0. The maximum Gasteiger partial charge on any atom is 0.232 e. The first-order valence-corrected chi connectivity index (χ1v) is 12.1. The van der Waals surface area contributed by atoms with Crippen molar-refractivity contribution in [3.63, 3.8) is 0 Å². The van der Waals surface area contributed by atoms with Crippen molar-refractivity contribution in [2.24, 2.45) is 0 Å². The molecule has 0 amide bonds. The molecule has 0 saturated heterocycles. The molecule has 184 valence electrons. The van der Waals surface area contributed by atoms with Crippen molar-refractivity contribution in [1.29, 1.82) is 0 Å². The summed E-state index contributed by atoms with van der Waals surface area (Å²) in [5.74, 6) is 1.41. The molecular formula is C30H30N2O4. The number of aryl methyl sites for hydroxylation is 2. The smallest absolute Gasteiger partial charge is 0.232 e. The highest BCUT2D eigenvalue weighted by Crippen LogP contribution is 2.42. The van der Waals surface area contributed by atoms with Crippen LogP contribution in [0.5, 0.6) is 17.2 Å². The van der Waals surface area contributed by atoms with E-state index >= 15 is 0 Å². The lowest BCUT2D eigenvalue weighted by molar-refractivity contribution is 0.101. The lowest BCUT2D eigenvalue weighted by Gasteiger charge is -2.19. The second kappa shape index (κ2) is 9.55. The van der Waals surface area contributed by atoms with Crippen LogP contribution in [0.15, 0.2) is 66.6 Å². The lowest BCUT2D eigenvalue weighted by atomic mass is 9.99. The average Bonchev–Trinajstić information content (AvgIpc) is 3.39. The van der Waals surface area contributed by atoms with E-state index in [-0.39, 0.29) is 17.3 Å². The van der Waals surface area contributed by atoms with Crippen LogP contribution in [0, 0.1) is 6.92 Å². The molecular weight excluding hydrogens is 452 g/mol. The van der Waals surface area contributed by atoms with Crippen molar-refractivity contribution < 1.29 is 19.4 Å². The van der Waals surface area contributed by atoms with Gasteiger partial charge in [0, 0.05) is 42.3 Å². The van der Waals surface area contributed by atoms with Crippen LogP contribution in [0.1, 0.15) is 39.5 Å². The fraction of sp³-hybridized carbons (Fsp3) is 0.233. The van der Waals surface area contributed by atoms with Crippen molar-refractivity contribution in [2.75, 3.05) is 14.2 Å². The van der Waals surface area contributed by atoms with Crippen LogP contribution < -0.4 is 9.47 Å². The van der Waals surface area contributed by atoms with Gasteiger partial charge in [-0.05, 0) is 62.4 Å². The lowest BCUT2D eigenvalue weighted by Crippen LogP contribution is -2.17. The van der Waals surface area contributed by atoms with E-state index in [1.54, 1.807) is 19.3 Å². The highest BCUT2D eigenvalue weighted by Gasteiger charge is 2.33. The average molecular weight is 483 g/mol. The highest BCUT2D eigenvalue weighted by molar-refractivity contribution is 6.16. The van der Waals surface area contributed by atoms with Crippen LogP contribution in [0.2, 0.25) is 0 Å². The highest BCUT2D eigenvalue weighted by atomic mass is 16.5. The van der Waals surface area contributed by atoms with Gasteiger partial charge >= 0.3 is 0 Å². The standard InChI is InChI=1S/C30H30N2O4/c1-5-32-17-21(23-15-22(35-4)11-12-25(23)32)14-27-29(34)28-19(2)13-26(33)24(30(28)36-27)18-31(3)16-20-9-7-6-8-10-20/h6-15,17,33H,5,16,18H2,1-4H3/b27-14-. The number of Topliss-reactive ketones (excluding diaryl/α,β-unsaturated/α-hetero) is 1. The number of allylic oxidation sites excluding steroid dienone is 1. The molecule has 0 unspecified atom stereocenters. The number of benzene rings is 3.